The molecule has 0 bridgehead atoms. The van der Waals surface area contributed by atoms with E-state index in [0.717, 1.165) is 5.56 Å². The van der Waals surface area contributed by atoms with Gasteiger partial charge in [-0.15, -0.1) is 0 Å². The summed E-state index contributed by atoms with van der Waals surface area (Å²) in [5.41, 5.74) is 3.24. The number of hydrazine groups is 1. The summed E-state index contributed by atoms with van der Waals surface area (Å²) >= 11 is 0. The third kappa shape index (κ3) is 2.83. The number of carbonyl (C=O) groups is 1. The number of rotatable bonds is 4. The molecule has 1 aromatic carbocycles. The van der Waals surface area contributed by atoms with Gasteiger partial charge in [-0.1, -0.05) is 30.3 Å². The van der Waals surface area contributed by atoms with Gasteiger partial charge in [-0.25, -0.2) is 5.84 Å². The topological polar surface area (TPSA) is 67.2 Å². The zero-order valence-electron chi connectivity index (χ0n) is 8.16. The highest BCUT2D eigenvalue weighted by Crippen LogP contribution is 2.02. The minimum atomic E-state index is -0.276. The monoisotopic (exact) mass is 193 g/mol. The predicted octanol–water partition coefficient (Wildman–Crippen LogP) is -0.193. The van der Waals surface area contributed by atoms with Gasteiger partial charge >= 0.3 is 0 Å². The average molecular weight is 193 g/mol. The molecule has 0 fully saturated rings. The van der Waals surface area contributed by atoms with Crippen molar-refractivity contribution in [2.45, 2.75) is 12.5 Å². The SMILES string of the molecule is CNC(Cc1ccccc1)C(=O)NN. The molecule has 14 heavy (non-hydrogen) atoms. The van der Waals surface area contributed by atoms with Gasteiger partial charge in [0.2, 0.25) is 0 Å². The number of amides is 1. The van der Waals surface area contributed by atoms with Crippen LogP contribution in [0.3, 0.4) is 0 Å². The predicted molar refractivity (Wildman–Crippen MR) is 55.3 cm³/mol. The minimum Gasteiger partial charge on any atom is -0.309 e. The third-order valence-corrected chi connectivity index (χ3v) is 2.09. The van der Waals surface area contributed by atoms with Gasteiger partial charge in [0.05, 0.1) is 6.04 Å². The third-order valence-electron chi connectivity index (χ3n) is 2.09. The van der Waals surface area contributed by atoms with Gasteiger partial charge in [-0.05, 0) is 19.0 Å². The van der Waals surface area contributed by atoms with E-state index in [-0.39, 0.29) is 11.9 Å². The number of benzene rings is 1. The Bertz CT molecular complexity index is 287. The maximum atomic E-state index is 11.2. The van der Waals surface area contributed by atoms with Crippen LogP contribution in [0.2, 0.25) is 0 Å². The number of hydrogen-bond acceptors (Lipinski definition) is 3. The van der Waals surface area contributed by atoms with Gasteiger partial charge in [0.15, 0.2) is 0 Å². The first-order valence-corrected chi connectivity index (χ1v) is 4.49. The van der Waals surface area contributed by atoms with E-state index >= 15 is 0 Å². The van der Waals surface area contributed by atoms with Crippen LogP contribution in [0.1, 0.15) is 5.56 Å². The van der Waals surface area contributed by atoms with Gasteiger partial charge < -0.3 is 5.32 Å². The molecular weight excluding hydrogens is 178 g/mol. The Balaban J connectivity index is 2.62. The van der Waals surface area contributed by atoms with E-state index in [2.05, 4.69) is 10.7 Å². The Morgan fingerprint density at radius 2 is 2.07 bits per heavy atom. The van der Waals surface area contributed by atoms with Crippen LogP contribution in [0.4, 0.5) is 0 Å². The highest BCUT2D eigenvalue weighted by molar-refractivity contribution is 5.81. The van der Waals surface area contributed by atoms with Crippen molar-refractivity contribution in [1.82, 2.24) is 10.7 Å². The van der Waals surface area contributed by atoms with Crippen molar-refractivity contribution >= 4 is 5.91 Å². The lowest BCUT2D eigenvalue weighted by Crippen LogP contribution is -2.46. The van der Waals surface area contributed by atoms with Gasteiger partial charge in [0.1, 0.15) is 0 Å². The fourth-order valence-corrected chi connectivity index (χ4v) is 1.28. The largest absolute Gasteiger partial charge is 0.309 e. The van der Waals surface area contributed by atoms with Gasteiger partial charge in [-0.2, -0.15) is 0 Å². The molecule has 4 nitrogen and oxygen atoms in total. The summed E-state index contributed by atoms with van der Waals surface area (Å²) in [4.78, 5) is 11.2. The molecule has 0 saturated heterocycles. The van der Waals surface area contributed by atoms with Crippen LogP contribution in [-0.4, -0.2) is 19.0 Å². The summed E-state index contributed by atoms with van der Waals surface area (Å²) < 4.78 is 0. The lowest BCUT2D eigenvalue weighted by Gasteiger charge is -2.13. The van der Waals surface area contributed by atoms with Crippen LogP contribution in [0, 0.1) is 0 Å². The maximum absolute atomic E-state index is 11.2. The van der Waals surface area contributed by atoms with E-state index in [1.165, 1.54) is 0 Å². The van der Waals surface area contributed by atoms with Crippen molar-refractivity contribution in [2.75, 3.05) is 7.05 Å². The van der Waals surface area contributed by atoms with Crippen molar-refractivity contribution in [3.05, 3.63) is 35.9 Å². The molecule has 1 aromatic rings. The van der Waals surface area contributed by atoms with Crippen LogP contribution in [-0.2, 0) is 11.2 Å². The Morgan fingerprint density at radius 3 is 2.57 bits per heavy atom. The summed E-state index contributed by atoms with van der Waals surface area (Å²) in [6.45, 7) is 0. The van der Waals surface area contributed by atoms with E-state index in [1.807, 2.05) is 30.3 Å². The fraction of sp³-hybridized carbons (Fsp3) is 0.300. The Labute approximate surface area is 83.5 Å². The van der Waals surface area contributed by atoms with Gasteiger partial charge in [0, 0.05) is 0 Å². The van der Waals surface area contributed by atoms with Gasteiger partial charge in [-0.3, -0.25) is 10.2 Å². The maximum Gasteiger partial charge on any atom is 0.251 e. The van der Waals surface area contributed by atoms with Crippen molar-refractivity contribution in [1.29, 1.82) is 0 Å². The quantitative estimate of drug-likeness (QED) is 0.352. The van der Waals surface area contributed by atoms with Crippen molar-refractivity contribution in [2.24, 2.45) is 5.84 Å². The van der Waals surface area contributed by atoms with Crippen LogP contribution in [0.5, 0.6) is 0 Å². The zero-order chi connectivity index (χ0) is 10.4. The lowest BCUT2D eigenvalue weighted by molar-refractivity contribution is -0.123. The molecule has 0 saturated carbocycles. The van der Waals surface area contributed by atoms with Crippen LogP contribution in [0.25, 0.3) is 0 Å². The normalized spacial score (nSPS) is 12.1. The highest BCUT2D eigenvalue weighted by atomic mass is 16.2. The molecule has 0 aromatic heterocycles. The Kier molecular flexibility index (Phi) is 4.10. The van der Waals surface area contributed by atoms with E-state index in [1.54, 1.807) is 7.05 Å². The van der Waals surface area contributed by atoms with E-state index in [0.29, 0.717) is 6.42 Å². The fourth-order valence-electron chi connectivity index (χ4n) is 1.28. The second kappa shape index (κ2) is 5.36. The van der Waals surface area contributed by atoms with Crippen LogP contribution in [0.15, 0.2) is 30.3 Å². The molecular formula is C10H15N3O. The molecule has 1 atom stereocenters. The first-order valence-electron chi connectivity index (χ1n) is 4.49. The van der Waals surface area contributed by atoms with Crippen LogP contribution < -0.4 is 16.6 Å². The second-order valence-corrected chi connectivity index (χ2v) is 3.04. The molecule has 0 aliphatic rings. The molecule has 4 heteroatoms. The number of likely N-dealkylation sites (N-methyl/N-ethyl adjacent to an activating group) is 1. The second-order valence-electron chi connectivity index (χ2n) is 3.04. The molecule has 1 rings (SSSR count). The first kappa shape index (κ1) is 10.7. The molecule has 0 aliphatic heterocycles. The number of nitrogens with two attached hydrogens (primary N) is 1. The summed E-state index contributed by atoms with van der Waals surface area (Å²) in [7, 11) is 1.74. The molecule has 4 N–H and O–H groups in total. The van der Waals surface area contributed by atoms with Crippen molar-refractivity contribution in [3.8, 4) is 0 Å². The Morgan fingerprint density at radius 1 is 1.43 bits per heavy atom. The van der Waals surface area contributed by atoms with E-state index in [4.69, 9.17) is 5.84 Å². The molecule has 76 valence electrons. The molecule has 0 radical (unpaired) electrons. The van der Waals surface area contributed by atoms with Crippen LogP contribution >= 0.6 is 0 Å². The zero-order valence-corrected chi connectivity index (χ0v) is 8.16. The number of nitrogens with one attached hydrogen (secondary N) is 2. The van der Waals surface area contributed by atoms with Crippen molar-refractivity contribution in [3.63, 3.8) is 0 Å². The van der Waals surface area contributed by atoms with E-state index < -0.39 is 0 Å². The minimum absolute atomic E-state index is 0.198. The summed E-state index contributed by atoms with van der Waals surface area (Å²) in [6, 6.07) is 9.52. The molecule has 1 unspecified atom stereocenters. The summed E-state index contributed by atoms with van der Waals surface area (Å²) in [5, 5.41) is 2.91. The Hall–Kier alpha value is -1.39. The lowest BCUT2D eigenvalue weighted by atomic mass is 10.1. The first-order chi connectivity index (χ1) is 6.77. The number of carbonyl (C=O) groups excluding carboxylic acids is 1. The van der Waals surface area contributed by atoms with Crippen molar-refractivity contribution < 1.29 is 4.79 Å². The number of hydrogen-bond donors (Lipinski definition) is 3. The molecule has 0 aliphatic carbocycles. The molecule has 0 spiro atoms. The smallest absolute Gasteiger partial charge is 0.251 e. The summed E-state index contributed by atoms with van der Waals surface area (Å²) in [5.74, 6) is 4.86. The summed E-state index contributed by atoms with van der Waals surface area (Å²) in [6.07, 6.45) is 0.639. The molecule has 1 amide bonds. The average Bonchev–Trinajstić information content (AvgIpc) is 2.26. The highest BCUT2D eigenvalue weighted by Gasteiger charge is 2.14. The van der Waals surface area contributed by atoms with E-state index in [9.17, 15) is 4.79 Å². The van der Waals surface area contributed by atoms with Gasteiger partial charge in [0.25, 0.3) is 5.91 Å². The molecule has 0 heterocycles. The standard InChI is InChI=1S/C10H15N3O/c1-12-9(10(14)13-11)7-8-5-3-2-4-6-8/h2-6,9,12H,7,11H2,1H3,(H,13,14).